The Kier molecular flexibility index (Phi) is 5.99. The molecule has 0 saturated carbocycles. The van der Waals surface area contributed by atoms with E-state index in [4.69, 9.17) is 14.0 Å². The lowest BCUT2D eigenvalue weighted by molar-refractivity contribution is 0.101. The van der Waals surface area contributed by atoms with Crippen LogP contribution >= 0.6 is 0 Å². The van der Waals surface area contributed by atoms with E-state index in [0.717, 1.165) is 22.6 Å². The number of hydrogen-bond donors (Lipinski definition) is 1. The Hall–Kier alpha value is -3.28. The largest absolute Gasteiger partial charge is 0.494 e. The van der Waals surface area contributed by atoms with Crippen LogP contribution in [0.5, 0.6) is 11.5 Å². The Morgan fingerprint density at radius 1 is 1.07 bits per heavy atom. The molecule has 1 N–H and O–H groups in total. The number of benzene rings is 2. The maximum atomic E-state index is 12.7. The average Bonchev–Trinajstić information content (AvgIpc) is 3.05. The number of rotatable bonds is 7. The minimum atomic E-state index is -0.347. The normalized spacial score (nSPS) is 10.6. The molecule has 3 rings (SSSR count). The van der Waals surface area contributed by atoms with Crippen molar-refractivity contribution in [2.75, 3.05) is 11.9 Å². The van der Waals surface area contributed by atoms with Crippen molar-refractivity contribution in [3.05, 3.63) is 70.6 Å². The number of aromatic nitrogens is 1. The third-order valence-electron chi connectivity index (χ3n) is 4.55. The van der Waals surface area contributed by atoms with Crippen LogP contribution in [0.1, 0.15) is 39.9 Å². The van der Waals surface area contributed by atoms with Crippen LogP contribution in [0.2, 0.25) is 0 Å². The Labute approximate surface area is 164 Å². The zero-order chi connectivity index (χ0) is 20.1. The number of hydrogen-bond acceptors (Lipinski definition) is 5. The predicted molar refractivity (Wildman–Crippen MR) is 107 cm³/mol. The van der Waals surface area contributed by atoms with Gasteiger partial charge in [0.15, 0.2) is 5.69 Å². The van der Waals surface area contributed by atoms with Crippen molar-refractivity contribution in [2.24, 2.45) is 0 Å². The summed E-state index contributed by atoms with van der Waals surface area (Å²) in [4.78, 5) is 12.7. The third kappa shape index (κ3) is 4.34. The Morgan fingerprint density at radius 2 is 1.82 bits per heavy atom. The molecule has 6 nitrogen and oxygen atoms in total. The maximum Gasteiger partial charge on any atom is 0.278 e. The summed E-state index contributed by atoms with van der Waals surface area (Å²) in [6.45, 7) is 8.51. The number of ether oxygens (including phenoxy) is 2. The minimum absolute atomic E-state index is 0.200. The Morgan fingerprint density at radius 3 is 2.54 bits per heavy atom. The fourth-order valence-corrected chi connectivity index (χ4v) is 2.76. The second-order valence-electron chi connectivity index (χ2n) is 6.46. The van der Waals surface area contributed by atoms with Crippen LogP contribution in [0.15, 0.2) is 47.0 Å². The fraction of sp³-hybridized carbons (Fsp3) is 0.273. The number of aryl methyl sites for hydroxylation is 2. The van der Waals surface area contributed by atoms with Crippen LogP contribution in [0, 0.1) is 20.8 Å². The Bertz CT molecular complexity index is 961. The zero-order valence-electron chi connectivity index (χ0n) is 16.5. The van der Waals surface area contributed by atoms with Gasteiger partial charge < -0.3 is 19.3 Å². The lowest BCUT2D eigenvalue weighted by Crippen LogP contribution is -2.15. The molecule has 1 amide bonds. The molecule has 146 valence electrons. The minimum Gasteiger partial charge on any atom is -0.494 e. The number of anilines is 1. The lowest BCUT2D eigenvalue weighted by atomic mass is 10.1. The topological polar surface area (TPSA) is 73.6 Å². The molecule has 0 aliphatic heterocycles. The van der Waals surface area contributed by atoms with Crippen molar-refractivity contribution >= 4 is 11.6 Å². The SMILES string of the molecule is CCOc1ccc(NC(=O)c2noc(C)c2COc2cccc(C)c2C)cc1. The molecule has 3 aromatic rings. The van der Waals surface area contributed by atoms with E-state index < -0.39 is 0 Å². The molecule has 6 heteroatoms. The van der Waals surface area contributed by atoms with Crippen molar-refractivity contribution in [1.29, 1.82) is 0 Å². The number of nitrogens with zero attached hydrogens (tertiary/aromatic N) is 1. The molecule has 28 heavy (non-hydrogen) atoms. The van der Waals surface area contributed by atoms with Gasteiger partial charge in [-0.1, -0.05) is 17.3 Å². The third-order valence-corrected chi connectivity index (χ3v) is 4.55. The summed E-state index contributed by atoms with van der Waals surface area (Å²) < 4.78 is 16.6. The van der Waals surface area contributed by atoms with E-state index >= 15 is 0 Å². The molecule has 0 aliphatic carbocycles. The monoisotopic (exact) mass is 380 g/mol. The average molecular weight is 380 g/mol. The number of nitrogens with one attached hydrogen (secondary N) is 1. The molecule has 0 atom stereocenters. The van der Waals surface area contributed by atoms with Gasteiger partial charge in [0, 0.05) is 5.69 Å². The lowest BCUT2D eigenvalue weighted by Gasteiger charge is -2.11. The van der Waals surface area contributed by atoms with E-state index in [1.807, 2.05) is 39.0 Å². The molecule has 0 spiro atoms. The van der Waals surface area contributed by atoms with Crippen LogP contribution in [-0.4, -0.2) is 17.7 Å². The van der Waals surface area contributed by atoms with Crippen molar-refractivity contribution < 1.29 is 18.8 Å². The molecule has 0 saturated heterocycles. The summed E-state index contributed by atoms with van der Waals surface area (Å²) in [7, 11) is 0. The first-order valence-electron chi connectivity index (χ1n) is 9.18. The van der Waals surface area contributed by atoms with Gasteiger partial charge in [-0.2, -0.15) is 0 Å². The molecular formula is C22H24N2O4. The second-order valence-corrected chi connectivity index (χ2v) is 6.46. The smallest absolute Gasteiger partial charge is 0.278 e. The van der Waals surface area contributed by atoms with E-state index in [1.54, 1.807) is 31.2 Å². The Balaban J connectivity index is 1.72. The first-order valence-corrected chi connectivity index (χ1v) is 9.18. The molecule has 1 heterocycles. The van der Waals surface area contributed by atoms with Gasteiger partial charge in [0.05, 0.1) is 12.2 Å². The summed E-state index contributed by atoms with van der Waals surface area (Å²) in [6, 6.07) is 13.0. The van der Waals surface area contributed by atoms with Crippen LogP contribution < -0.4 is 14.8 Å². The zero-order valence-corrected chi connectivity index (χ0v) is 16.5. The van der Waals surface area contributed by atoms with Crippen LogP contribution in [-0.2, 0) is 6.61 Å². The van der Waals surface area contributed by atoms with Gasteiger partial charge in [-0.3, -0.25) is 4.79 Å². The number of amides is 1. The first-order chi connectivity index (χ1) is 13.5. The number of carbonyl (C=O) groups excluding carboxylic acids is 1. The highest BCUT2D eigenvalue weighted by Crippen LogP contribution is 2.24. The summed E-state index contributed by atoms with van der Waals surface area (Å²) in [6.07, 6.45) is 0. The molecular weight excluding hydrogens is 356 g/mol. The molecule has 0 unspecified atom stereocenters. The maximum absolute atomic E-state index is 12.7. The first kappa shape index (κ1) is 19.5. The van der Waals surface area contributed by atoms with Gasteiger partial charge in [0.1, 0.15) is 23.9 Å². The van der Waals surface area contributed by atoms with E-state index in [-0.39, 0.29) is 18.2 Å². The van der Waals surface area contributed by atoms with Gasteiger partial charge >= 0.3 is 0 Å². The van der Waals surface area contributed by atoms with Crippen molar-refractivity contribution in [3.8, 4) is 11.5 Å². The van der Waals surface area contributed by atoms with Crippen LogP contribution in [0.25, 0.3) is 0 Å². The molecule has 0 fully saturated rings. The van der Waals surface area contributed by atoms with Gasteiger partial charge in [0.2, 0.25) is 0 Å². The quantitative estimate of drug-likeness (QED) is 0.635. The summed E-state index contributed by atoms with van der Waals surface area (Å²) in [5.74, 6) is 1.74. The van der Waals surface area contributed by atoms with Crippen LogP contribution in [0.3, 0.4) is 0 Å². The van der Waals surface area contributed by atoms with Crippen molar-refractivity contribution in [1.82, 2.24) is 5.16 Å². The highest BCUT2D eigenvalue weighted by atomic mass is 16.5. The van der Waals surface area contributed by atoms with Crippen molar-refractivity contribution in [3.63, 3.8) is 0 Å². The highest BCUT2D eigenvalue weighted by Gasteiger charge is 2.21. The number of carbonyl (C=O) groups is 1. The van der Waals surface area contributed by atoms with Gasteiger partial charge in [-0.25, -0.2) is 0 Å². The molecule has 2 aromatic carbocycles. The van der Waals surface area contributed by atoms with E-state index in [2.05, 4.69) is 10.5 Å². The summed E-state index contributed by atoms with van der Waals surface area (Å²) in [5.41, 5.74) is 3.71. The molecule has 0 radical (unpaired) electrons. The standard InChI is InChI=1S/C22H24N2O4/c1-5-26-18-11-9-17(10-12-18)23-22(25)21-19(16(4)28-24-21)13-27-20-8-6-7-14(2)15(20)3/h6-12H,5,13H2,1-4H3,(H,23,25). The second kappa shape index (κ2) is 8.61. The van der Waals surface area contributed by atoms with Gasteiger partial charge in [-0.05, 0) is 69.2 Å². The van der Waals surface area contributed by atoms with E-state index in [9.17, 15) is 4.79 Å². The summed E-state index contributed by atoms with van der Waals surface area (Å²) >= 11 is 0. The highest BCUT2D eigenvalue weighted by molar-refractivity contribution is 6.03. The van der Waals surface area contributed by atoms with E-state index in [1.165, 1.54) is 0 Å². The van der Waals surface area contributed by atoms with E-state index in [0.29, 0.717) is 23.6 Å². The van der Waals surface area contributed by atoms with Crippen molar-refractivity contribution in [2.45, 2.75) is 34.3 Å². The van der Waals surface area contributed by atoms with Gasteiger partial charge in [-0.15, -0.1) is 0 Å². The molecule has 0 aliphatic rings. The molecule has 1 aromatic heterocycles. The van der Waals surface area contributed by atoms with Crippen LogP contribution in [0.4, 0.5) is 5.69 Å². The van der Waals surface area contributed by atoms with Gasteiger partial charge in [0.25, 0.3) is 5.91 Å². The fourth-order valence-electron chi connectivity index (χ4n) is 2.76. The predicted octanol–water partition coefficient (Wildman–Crippen LogP) is 4.83. The summed E-state index contributed by atoms with van der Waals surface area (Å²) in [5, 5.41) is 6.75. The molecule has 0 bridgehead atoms.